The van der Waals surface area contributed by atoms with Crippen molar-refractivity contribution in [2.45, 2.75) is 51.6 Å². The Labute approximate surface area is 98.5 Å². The van der Waals surface area contributed by atoms with Crippen LogP contribution in [0.3, 0.4) is 0 Å². The van der Waals surface area contributed by atoms with Gasteiger partial charge in [0.1, 0.15) is 0 Å². The predicted octanol–water partition coefficient (Wildman–Crippen LogP) is 3.51. The highest BCUT2D eigenvalue weighted by Gasteiger charge is 2.25. The molecule has 0 heterocycles. The smallest absolute Gasteiger partial charge is 0.0543 e. The van der Waals surface area contributed by atoms with Gasteiger partial charge in [-0.25, -0.2) is 0 Å². The molecule has 1 aromatic rings. The number of hydrogen-bond donors (Lipinski definition) is 1. The zero-order valence-electron chi connectivity index (χ0n) is 10.3. The molecule has 1 heteroatoms. The van der Waals surface area contributed by atoms with Crippen LogP contribution in [0.1, 0.15) is 50.2 Å². The summed E-state index contributed by atoms with van der Waals surface area (Å²) in [6.45, 7) is 4.34. The molecule has 2 atom stereocenters. The standard InChI is InChI=1S/C15H22O/c1-11(2)9-14(16)8-7-13-10-12-5-3-4-6-15(12)13/h3-6,11,13-14,16H,7-10H2,1-2H3. The van der Waals surface area contributed by atoms with Crippen LogP contribution in [0, 0.1) is 5.92 Å². The van der Waals surface area contributed by atoms with Gasteiger partial charge in [-0.1, -0.05) is 38.1 Å². The van der Waals surface area contributed by atoms with Crippen molar-refractivity contribution in [2.24, 2.45) is 5.92 Å². The van der Waals surface area contributed by atoms with Crippen molar-refractivity contribution >= 4 is 0 Å². The number of rotatable bonds is 5. The number of aliphatic hydroxyl groups is 1. The maximum Gasteiger partial charge on any atom is 0.0543 e. The third kappa shape index (κ3) is 2.65. The maximum absolute atomic E-state index is 9.84. The van der Waals surface area contributed by atoms with E-state index in [2.05, 4.69) is 38.1 Å². The average Bonchev–Trinajstić information content (AvgIpc) is 2.18. The first kappa shape index (κ1) is 11.7. The number of aliphatic hydroxyl groups excluding tert-OH is 1. The van der Waals surface area contributed by atoms with Gasteiger partial charge in [-0.2, -0.15) is 0 Å². The summed E-state index contributed by atoms with van der Waals surface area (Å²) in [5, 5.41) is 9.84. The van der Waals surface area contributed by atoms with E-state index in [1.54, 1.807) is 0 Å². The molecule has 16 heavy (non-hydrogen) atoms. The SMILES string of the molecule is CC(C)CC(O)CCC1Cc2ccccc21. The zero-order valence-corrected chi connectivity index (χ0v) is 10.3. The lowest BCUT2D eigenvalue weighted by molar-refractivity contribution is 0.133. The predicted molar refractivity (Wildman–Crippen MR) is 67.6 cm³/mol. The van der Waals surface area contributed by atoms with Crippen molar-refractivity contribution in [3.05, 3.63) is 35.4 Å². The van der Waals surface area contributed by atoms with Gasteiger partial charge in [-0.05, 0) is 48.6 Å². The maximum atomic E-state index is 9.84. The van der Waals surface area contributed by atoms with E-state index in [0.29, 0.717) is 11.8 Å². The normalized spacial score (nSPS) is 20.4. The summed E-state index contributed by atoms with van der Waals surface area (Å²) in [5.74, 6) is 1.31. The van der Waals surface area contributed by atoms with Crippen LogP contribution in [0.25, 0.3) is 0 Å². The molecule has 1 nitrogen and oxygen atoms in total. The first-order chi connectivity index (χ1) is 7.66. The highest BCUT2D eigenvalue weighted by atomic mass is 16.3. The van der Waals surface area contributed by atoms with Crippen LogP contribution in [0.4, 0.5) is 0 Å². The number of hydrogen-bond acceptors (Lipinski definition) is 1. The second-order valence-corrected chi connectivity index (χ2v) is 5.46. The van der Waals surface area contributed by atoms with Gasteiger partial charge in [-0.15, -0.1) is 0 Å². The van der Waals surface area contributed by atoms with Gasteiger partial charge in [0.2, 0.25) is 0 Å². The van der Waals surface area contributed by atoms with Gasteiger partial charge < -0.3 is 5.11 Å². The van der Waals surface area contributed by atoms with Crippen LogP contribution in [-0.2, 0) is 6.42 Å². The van der Waals surface area contributed by atoms with Crippen molar-refractivity contribution in [3.8, 4) is 0 Å². The minimum atomic E-state index is -0.104. The summed E-state index contributed by atoms with van der Waals surface area (Å²) in [6, 6.07) is 8.69. The van der Waals surface area contributed by atoms with Crippen LogP contribution in [0.2, 0.25) is 0 Å². The molecular weight excluding hydrogens is 196 g/mol. The summed E-state index contributed by atoms with van der Waals surface area (Å²) in [4.78, 5) is 0. The minimum Gasteiger partial charge on any atom is -0.393 e. The van der Waals surface area contributed by atoms with Gasteiger partial charge in [0.25, 0.3) is 0 Å². The second-order valence-electron chi connectivity index (χ2n) is 5.46. The Hall–Kier alpha value is -0.820. The Morgan fingerprint density at radius 2 is 2.06 bits per heavy atom. The molecule has 0 aliphatic heterocycles. The number of benzene rings is 1. The van der Waals surface area contributed by atoms with Gasteiger partial charge in [0.15, 0.2) is 0 Å². The third-order valence-electron chi connectivity index (χ3n) is 3.55. The van der Waals surface area contributed by atoms with E-state index >= 15 is 0 Å². The fraction of sp³-hybridized carbons (Fsp3) is 0.600. The van der Waals surface area contributed by atoms with E-state index < -0.39 is 0 Å². The van der Waals surface area contributed by atoms with E-state index in [4.69, 9.17) is 0 Å². The van der Waals surface area contributed by atoms with Crippen molar-refractivity contribution in [1.82, 2.24) is 0 Å². The second kappa shape index (κ2) is 5.01. The Morgan fingerprint density at radius 3 is 2.75 bits per heavy atom. The molecule has 0 saturated heterocycles. The molecule has 1 N–H and O–H groups in total. The van der Waals surface area contributed by atoms with Crippen molar-refractivity contribution in [1.29, 1.82) is 0 Å². The Bertz CT molecular complexity index is 343. The molecule has 0 saturated carbocycles. The topological polar surface area (TPSA) is 20.2 Å². The molecule has 1 aliphatic carbocycles. The first-order valence-corrected chi connectivity index (χ1v) is 6.42. The van der Waals surface area contributed by atoms with Crippen molar-refractivity contribution in [2.75, 3.05) is 0 Å². The van der Waals surface area contributed by atoms with Crippen LogP contribution in [0.15, 0.2) is 24.3 Å². The molecule has 1 aromatic carbocycles. The zero-order chi connectivity index (χ0) is 11.5. The minimum absolute atomic E-state index is 0.104. The van der Waals surface area contributed by atoms with Crippen LogP contribution in [0.5, 0.6) is 0 Å². The van der Waals surface area contributed by atoms with E-state index in [9.17, 15) is 5.11 Å². The lowest BCUT2D eigenvalue weighted by Crippen LogP contribution is -2.19. The van der Waals surface area contributed by atoms with Crippen LogP contribution in [-0.4, -0.2) is 11.2 Å². The Kier molecular flexibility index (Phi) is 3.65. The van der Waals surface area contributed by atoms with E-state index in [1.165, 1.54) is 17.5 Å². The number of fused-ring (bicyclic) bond motifs is 1. The van der Waals surface area contributed by atoms with E-state index in [1.807, 2.05) is 0 Å². The Balaban J connectivity index is 1.77. The Morgan fingerprint density at radius 1 is 1.31 bits per heavy atom. The molecule has 0 bridgehead atoms. The third-order valence-corrected chi connectivity index (χ3v) is 3.55. The quantitative estimate of drug-likeness (QED) is 0.801. The molecule has 0 amide bonds. The van der Waals surface area contributed by atoms with Crippen LogP contribution >= 0.6 is 0 Å². The molecule has 0 fully saturated rings. The molecule has 0 spiro atoms. The summed E-state index contributed by atoms with van der Waals surface area (Å²) in [6.07, 6.45) is 4.15. The molecule has 2 unspecified atom stereocenters. The largest absolute Gasteiger partial charge is 0.393 e. The molecule has 1 aliphatic rings. The first-order valence-electron chi connectivity index (χ1n) is 6.42. The summed E-state index contributed by atoms with van der Waals surface area (Å²) in [7, 11) is 0. The average molecular weight is 218 g/mol. The fourth-order valence-corrected chi connectivity index (χ4v) is 2.68. The molecule has 0 aromatic heterocycles. The molecular formula is C15H22O. The highest BCUT2D eigenvalue weighted by molar-refractivity contribution is 5.39. The molecule has 0 radical (unpaired) electrons. The van der Waals surface area contributed by atoms with Crippen molar-refractivity contribution in [3.63, 3.8) is 0 Å². The van der Waals surface area contributed by atoms with Gasteiger partial charge in [0.05, 0.1) is 6.10 Å². The summed E-state index contributed by atoms with van der Waals surface area (Å²) < 4.78 is 0. The molecule has 88 valence electrons. The van der Waals surface area contributed by atoms with E-state index in [0.717, 1.165) is 19.3 Å². The summed E-state index contributed by atoms with van der Waals surface area (Å²) >= 11 is 0. The fourth-order valence-electron chi connectivity index (χ4n) is 2.68. The van der Waals surface area contributed by atoms with Gasteiger partial charge >= 0.3 is 0 Å². The summed E-state index contributed by atoms with van der Waals surface area (Å²) in [5.41, 5.74) is 3.02. The lowest BCUT2D eigenvalue weighted by atomic mass is 9.75. The highest BCUT2D eigenvalue weighted by Crippen LogP contribution is 2.38. The van der Waals surface area contributed by atoms with Crippen LogP contribution < -0.4 is 0 Å². The van der Waals surface area contributed by atoms with Crippen molar-refractivity contribution < 1.29 is 5.11 Å². The molecule has 2 rings (SSSR count). The van der Waals surface area contributed by atoms with Gasteiger partial charge in [0, 0.05) is 0 Å². The van der Waals surface area contributed by atoms with E-state index in [-0.39, 0.29) is 6.10 Å². The monoisotopic (exact) mass is 218 g/mol. The van der Waals surface area contributed by atoms with Gasteiger partial charge in [-0.3, -0.25) is 0 Å². The lowest BCUT2D eigenvalue weighted by Gasteiger charge is -2.30.